The van der Waals surface area contributed by atoms with Crippen molar-refractivity contribution in [3.8, 4) is 5.75 Å². The number of aliphatic hydroxyl groups is 1. The monoisotopic (exact) mass is 297 g/mol. The van der Waals surface area contributed by atoms with Gasteiger partial charge < -0.3 is 15.2 Å². The second-order valence-electron chi connectivity index (χ2n) is 5.28. The average Bonchev–Trinajstić information content (AvgIpc) is 2.50. The van der Waals surface area contributed by atoms with Crippen LogP contribution >= 0.6 is 11.8 Å². The van der Waals surface area contributed by atoms with E-state index in [0.29, 0.717) is 0 Å². The first-order valence-corrected chi connectivity index (χ1v) is 8.25. The summed E-state index contributed by atoms with van der Waals surface area (Å²) in [4.78, 5) is 1.23. The fourth-order valence-corrected chi connectivity index (χ4v) is 2.89. The summed E-state index contributed by atoms with van der Waals surface area (Å²) in [5, 5.41) is 12.9. The first-order valence-electron chi connectivity index (χ1n) is 7.26. The van der Waals surface area contributed by atoms with Gasteiger partial charge in [-0.3, -0.25) is 0 Å². The van der Waals surface area contributed by atoms with Crippen LogP contribution in [0.3, 0.4) is 0 Å². The Balaban J connectivity index is 2.32. The summed E-state index contributed by atoms with van der Waals surface area (Å²) in [6.07, 6.45) is 3.16. The van der Waals surface area contributed by atoms with E-state index in [9.17, 15) is 5.11 Å². The molecule has 1 rings (SSSR count). The van der Waals surface area contributed by atoms with E-state index in [1.54, 1.807) is 7.11 Å². The largest absolute Gasteiger partial charge is 0.497 e. The van der Waals surface area contributed by atoms with E-state index in [2.05, 4.69) is 31.3 Å². The third kappa shape index (κ3) is 6.16. The van der Waals surface area contributed by atoms with Gasteiger partial charge in [0.05, 0.1) is 13.7 Å². The lowest BCUT2D eigenvalue weighted by Gasteiger charge is -2.28. The van der Waals surface area contributed by atoms with Gasteiger partial charge in [0.1, 0.15) is 5.75 Å². The molecule has 0 aliphatic heterocycles. The predicted molar refractivity (Wildman–Crippen MR) is 86.7 cm³/mol. The Morgan fingerprint density at radius 1 is 1.40 bits per heavy atom. The highest BCUT2D eigenvalue weighted by molar-refractivity contribution is 7.99. The van der Waals surface area contributed by atoms with Crippen molar-refractivity contribution in [3.63, 3.8) is 0 Å². The normalized spacial score (nSPS) is 14.0. The SMILES string of the molecule is CCCNC(C)(CO)CCCSc1cccc(OC)c1. The molecule has 20 heavy (non-hydrogen) atoms. The third-order valence-electron chi connectivity index (χ3n) is 3.33. The molecular weight excluding hydrogens is 270 g/mol. The van der Waals surface area contributed by atoms with Gasteiger partial charge in [-0.15, -0.1) is 11.8 Å². The van der Waals surface area contributed by atoms with Gasteiger partial charge in [-0.25, -0.2) is 0 Å². The number of rotatable bonds is 10. The van der Waals surface area contributed by atoms with E-state index >= 15 is 0 Å². The van der Waals surface area contributed by atoms with E-state index in [4.69, 9.17) is 4.74 Å². The van der Waals surface area contributed by atoms with Crippen LogP contribution in [0.1, 0.15) is 33.1 Å². The van der Waals surface area contributed by atoms with E-state index in [0.717, 1.165) is 37.3 Å². The quantitative estimate of drug-likeness (QED) is 0.513. The van der Waals surface area contributed by atoms with Crippen molar-refractivity contribution >= 4 is 11.8 Å². The topological polar surface area (TPSA) is 41.5 Å². The van der Waals surface area contributed by atoms with Crippen molar-refractivity contribution in [2.24, 2.45) is 0 Å². The fraction of sp³-hybridized carbons (Fsp3) is 0.625. The average molecular weight is 297 g/mol. The van der Waals surface area contributed by atoms with Crippen LogP contribution in [0.25, 0.3) is 0 Å². The van der Waals surface area contributed by atoms with Gasteiger partial charge in [-0.1, -0.05) is 13.0 Å². The Kier molecular flexibility index (Phi) is 8.04. The molecule has 0 saturated carbocycles. The lowest BCUT2D eigenvalue weighted by atomic mass is 9.97. The van der Waals surface area contributed by atoms with Crippen LogP contribution < -0.4 is 10.1 Å². The molecule has 1 aromatic carbocycles. The molecule has 114 valence electrons. The third-order valence-corrected chi connectivity index (χ3v) is 4.41. The zero-order valence-corrected chi connectivity index (χ0v) is 13.6. The Bertz CT molecular complexity index is 386. The van der Waals surface area contributed by atoms with Crippen LogP contribution in [0.5, 0.6) is 5.75 Å². The van der Waals surface area contributed by atoms with Gasteiger partial charge >= 0.3 is 0 Å². The van der Waals surface area contributed by atoms with Crippen molar-refractivity contribution in [2.75, 3.05) is 26.0 Å². The number of ether oxygens (including phenoxy) is 1. The molecule has 0 aromatic heterocycles. The Labute approximate surface area is 127 Å². The van der Waals surface area contributed by atoms with Crippen LogP contribution in [0, 0.1) is 0 Å². The molecule has 4 heteroatoms. The van der Waals surface area contributed by atoms with Crippen molar-refractivity contribution in [1.29, 1.82) is 0 Å². The Morgan fingerprint density at radius 2 is 2.20 bits per heavy atom. The van der Waals surface area contributed by atoms with E-state index in [1.165, 1.54) is 4.90 Å². The summed E-state index contributed by atoms with van der Waals surface area (Å²) in [5.74, 6) is 1.95. The molecule has 0 spiro atoms. The molecule has 0 bridgehead atoms. The minimum Gasteiger partial charge on any atom is -0.497 e. The van der Waals surface area contributed by atoms with Gasteiger partial charge in [0.25, 0.3) is 0 Å². The number of benzene rings is 1. The van der Waals surface area contributed by atoms with E-state index < -0.39 is 0 Å². The van der Waals surface area contributed by atoms with Gasteiger partial charge in [0.2, 0.25) is 0 Å². The number of aliphatic hydroxyl groups excluding tert-OH is 1. The van der Waals surface area contributed by atoms with Crippen molar-refractivity contribution in [2.45, 2.75) is 43.5 Å². The molecule has 0 amide bonds. The van der Waals surface area contributed by atoms with Gasteiger partial charge in [0, 0.05) is 10.4 Å². The maximum Gasteiger partial charge on any atom is 0.119 e. The summed E-state index contributed by atoms with van der Waals surface area (Å²) in [7, 11) is 1.69. The van der Waals surface area contributed by atoms with Crippen molar-refractivity contribution in [3.05, 3.63) is 24.3 Å². The van der Waals surface area contributed by atoms with Crippen LogP contribution in [0.2, 0.25) is 0 Å². The van der Waals surface area contributed by atoms with Gasteiger partial charge in [-0.05, 0) is 56.7 Å². The zero-order valence-electron chi connectivity index (χ0n) is 12.8. The Morgan fingerprint density at radius 3 is 2.85 bits per heavy atom. The Hall–Kier alpha value is -0.710. The van der Waals surface area contributed by atoms with Crippen LogP contribution in [0.4, 0.5) is 0 Å². The van der Waals surface area contributed by atoms with Crippen LogP contribution in [-0.4, -0.2) is 36.7 Å². The lowest BCUT2D eigenvalue weighted by molar-refractivity contribution is 0.165. The molecule has 3 nitrogen and oxygen atoms in total. The smallest absolute Gasteiger partial charge is 0.119 e. The summed E-state index contributed by atoms with van der Waals surface area (Å²) >= 11 is 1.84. The summed E-state index contributed by atoms with van der Waals surface area (Å²) < 4.78 is 5.22. The number of methoxy groups -OCH3 is 1. The lowest BCUT2D eigenvalue weighted by Crippen LogP contribution is -2.46. The maximum atomic E-state index is 9.51. The second kappa shape index (κ2) is 9.27. The standard InChI is InChI=1S/C16H27NO2S/c1-4-10-17-16(2,13-18)9-6-11-20-15-8-5-7-14(12-15)19-3/h5,7-8,12,17-18H,4,6,9-11,13H2,1-3H3. The minimum absolute atomic E-state index is 0.148. The molecule has 0 aliphatic rings. The maximum absolute atomic E-state index is 9.51. The van der Waals surface area contributed by atoms with Crippen LogP contribution in [-0.2, 0) is 0 Å². The molecule has 2 N–H and O–H groups in total. The van der Waals surface area contributed by atoms with Crippen molar-refractivity contribution in [1.82, 2.24) is 5.32 Å². The summed E-state index contributed by atoms with van der Waals surface area (Å²) in [6, 6.07) is 8.14. The van der Waals surface area contributed by atoms with Crippen LogP contribution in [0.15, 0.2) is 29.2 Å². The minimum atomic E-state index is -0.148. The highest BCUT2D eigenvalue weighted by Crippen LogP contribution is 2.24. The molecule has 0 saturated heterocycles. The number of nitrogens with one attached hydrogen (secondary N) is 1. The molecule has 1 atom stereocenters. The number of hydrogen-bond acceptors (Lipinski definition) is 4. The van der Waals surface area contributed by atoms with E-state index in [1.807, 2.05) is 23.9 Å². The molecule has 0 fully saturated rings. The molecular formula is C16H27NO2S. The summed E-state index contributed by atoms with van der Waals surface area (Å²) in [5.41, 5.74) is -0.148. The number of hydrogen-bond donors (Lipinski definition) is 2. The molecule has 1 aromatic rings. The zero-order chi connectivity index (χ0) is 14.8. The molecule has 0 aliphatic carbocycles. The number of thioether (sulfide) groups is 1. The van der Waals surface area contributed by atoms with E-state index in [-0.39, 0.29) is 12.1 Å². The molecule has 0 radical (unpaired) electrons. The first-order chi connectivity index (χ1) is 9.63. The second-order valence-corrected chi connectivity index (χ2v) is 6.44. The fourth-order valence-electron chi connectivity index (χ4n) is 1.99. The first kappa shape index (κ1) is 17.3. The van der Waals surface area contributed by atoms with Gasteiger partial charge in [-0.2, -0.15) is 0 Å². The highest BCUT2D eigenvalue weighted by atomic mass is 32.2. The van der Waals surface area contributed by atoms with Gasteiger partial charge in [0.15, 0.2) is 0 Å². The molecule has 0 heterocycles. The van der Waals surface area contributed by atoms with Crippen molar-refractivity contribution < 1.29 is 9.84 Å². The summed E-state index contributed by atoms with van der Waals surface area (Å²) in [6.45, 7) is 5.39. The highest BCUT2D eigenvalue weighted by Gasteiger charge is 2.21. The molecule has 1 unspecified atom stereocenters. The predicted octanol–water partition coefficient (Wildman–Crippen LogP) is 3.32.